The molecule has 0 amide bonds. The number of anilines is 1. The summed E-state index contributed by atoms with van der Waals surface area (Å²) >= 11 is 0. The van der Waals surface area contributed by atoms with Crippen molar-refractivity contribution in [3.8, 4) is 0 Å². The second-order valence-electron chi connectivity index (χ2n) is 4.71. The summed E-state index contributed by atoms with van der Waals surface area (Å²) in [5, 5.41) is 9.88. The Morgan fingerprint density at radius 3 is 2.69 bits per heavy atom. The first kappa shape index (κ1) is 11.3. The molecule has 2 heterocycles. The molecule has 1 aliphatic rings. The lowest BCUT2D eigenvalue weighted by Crippen LogP contribution is -2.42. The summed E-state index contributed by atoms with van der Waals surface area (Å²) in [5.41, 5.74) is 0.569. The van der Waals surface area contributed by atoms with Gasteiger partial charge in [0.15, 0.2) is 0 Å². The van der Waals surface area contributed by atoms with Gasteiger partial charge in [-0.2, -0.15) is 0 Å². The van der Waals surface area contributed by atoms with Crippen LogP contribution in [0.5, 0.6) is 0 Å². The van der Waals surface area contributed by atoms with Crippen LogP contribution in [0.4, 0.5) is 5.82 Å². The smallest absolute Gasteiger partial charge is 0.132 e. The average molecular weight is 221 g/mol. The highest BCUT2D eigenvalue weighted by Crippen LogP contribution is 2.24. The van der Waals surface area contributed by atoms with E-state index in [2.05, 4.69) is 21.8 Å². The number of aryl methyl sites for hydroxylation is 1. The second-order valence-corrected chi connectivity index (χ2v) is 4.71. The van der Waals surface area contributed by atoms with E-state index in [0.29, 0.717) is 0 Å². The minimum Gasteiger partial charge on any atom is -0.390 e. The minimum absolute atomic E-state index is 0.503. The zero-order valence-corrected chi connectivity index (χ0v) is 9.98. The summed E-state index contributed by atoms with van der Waals surface area (Å²) in [5.74, 6) is 0.988. The average Bonchev–Trinajstić information content (AvgIpc) is 2.29. The van der Waals surface area contributed by atoms with Crippen molar-refractivity contribution in [3.63, 3.8) is 0 Å². The number of aromatic nitrogens is 2. The molecule has 88 valence electrons. The van der Waals surface area contributed by atoms with Crippen LogP contribution in [0.25, 0.3) is 0 Å². The Bertz CT molecular complexity index is 355. The molecule has 1 aromatic rings. The molecule has 0 spiro atoms. The predicted molar refractivity (Wildman–Crippen MR) is 63.5 cm³/mol. The number of piperidine rings is 1. The summed E-state index contributed by atoms with van der Waals surface area (Å²) in [7, 11) is 0. The molecule has 1 aliphatic heterocycles. The van der Waals surface area contributed by atoms with E-state index in [1.54, 1.807) is 6.33 Å². The van der Waals surface area contributed by atoms with Gasteiger partial charge in [0.2, 0.25) is 0 Å². The first-order chi connectivity index (χ1) is 7.61. The molecule has 0 aromatic carbocycles. The van der Waals surface area contributed by atoms with Crippen LogP contribution in [-0.2, 0) is 6.42 Å². The summed E-state index contributed by atoms with van der Waals surface area (Å²) in [6.45, 7) is 5.73. The number of rotatable bonds is 2. The molecule has 0 bridgehead atoms. The van der Waals surface area contributed by atoms with Gasteiger partial charge in [-0.1, -0.05) is 6.92 Å². The molecule has 0 saturated carbocycles. The van der Waals surface area contributed by atoms with Crippen LogP contribution < -0.4 is 4.90 Å². The maximum absolute atomic E-state index is 9.88. The Morgan fingerprint density at radius 1 is 1.38 bits per heavy atom. The van der Waals surface area contributed by atoms with Gasteiger partial charge in [-0.25, -0.2) is 9.97 Å². The second kappa shape index (κ2) is 4.37. The summed E-state index contributed by atoms with van der Waals surface area (Å²) < 4.78 is 0. The van der Waals surface area contributed by atoms with Crippen LogP contribution in [0.1, 0.15) is 32.4 Å². The molecule has 4 nitrogen and oxygen atoms in total. The van der Waals surface area contributed by atoms with Gasteiger partial charge >= 0.3 is 0 Å². The number of hydrogen-bond donors (Lipinski definition) is 1. The number of aliphatic hydroxyl groups is 1. The van der Waals surface area contributed by atoms with E-state index in [4.69, 9.17) is 0 Å². The monoisotopic (exact) mass is 221 g/mol. The van der Waals surface area contributed by atoms with E-state index < -0.39 is 5.60 Å². The van der Waals surface area contributed by atoms with E-state index in [9.17, 15) is 5.11 Å². The molecule has 4 heteroatoms. The lowest BCUT2D eigenvalue weighted by atomic mass is 9.94. The van der Waals surface area contributed by atoms with E-state index in [0.717, 1.165) is 43.9 Å². The Kier molecular flexibility index (Phi) is 3.10. The molecule has 1 fully saturated rings. The fraction of sp³-hybridized carbons (Fsp3) is 0.667. The topological polar surface area (TPSA) is 49.2 Å². The van der Waals surface area contributed by atoms with Gasteiger partial charge in [-0.15, -0.1) is 0 Å². The van der Waals surface area contributed by atoms with Crippen molar-refractivity contribution >= 4 is 5.82 Å². The summed E-state index contributed by atoms with van der Waals surface area (Å²) in [4.78, 5) is 10.7. The van der Waals surface area contributed by atoms with Crippen LogP contribution >= 0.6 is 0 Å². The molecule has 16 heavy (non-hydrogen) atoms. The molecule has 1 saturated heterocycles. The zero-order valence-electron chi connectivity index (χ0n) is 9.98. The predicted octanol–water partition coefficient (Wildman–Crippen LogP) is 1.39. The largest absolute Gasteiger partial charge is 0.390 e. The van der Waals surface area contributed by atoms with Gasteiger partial charge in [0.1, 0.15) is 12.1 Å². The fourth-order valence-electron chi connectivity index (χ4n) is 1.97. The van der Waals surface area contributed by atoms with Crippen molar-refractivity contribution in [2.45, 2.75) is 38.7 Å². The normalized spacial score (nSPS) is 19.8. The molecule has 0 unspecified atom stereocenters. The van der Waals surface area contributed by atoms with Crippen molar-refractivity contribution in [1.82, 2.24) is 9.97 Å². The van der Waals surface area contributed by atoms with Crippen molar-refractivity contribution in [2.75, 3.05) is 18.0 Å². The standard InChI is InChI=1S/C12H19N3O/c1-3-10-8-11(14-9-13-10)15-6-4-12(2,16)5-7-15/h8-9,16H,3-7H2,1-2H3. The maximum atomic E-state index is 9.88. The fourth-order valence-corrected chi connectivity index (χ4v) is 1.97. The van der Waals surface area contributed by atoms with E-state index in [1.807, 2.05) is 13.0 Å². The zero-order chi connectivity index (χ0) is 11.6. The third kappa shape index (κ3) is 2.50. The first-order valence-corrected chi connectivity index (χ1v) is 5.89. The summed E-state index contributed by atoms with van der Waals surface area (Å²) in [6, 6.07) is 2.04. The molecular weight excluding hydrogens is 202 g/mol. The van der Waals surface area contributed by atoms with Crippen LogP contribution in [0.2, 0.25) is 0 Å². The molecule has 0 aliphatic carbocycles. The van der Waals surface area contributed by atoms with E-state index >= 15 is 0 Å². The van der Waals surface area contributed by atoms with Crippen LogP contribution in [0.3, 0.4) is 0 Å². The van der Waals surface area contributed by atoms with Gasteiger partial charge in [0, 0.05) is 24.8 Å². The molecule has 1 N–H and O–H groups in total. The minimum atomic E-state index is -0.503. The van der Waals surface area contributed by atoms with Crippen LogP contribution in [-0.4, -0.2) is 33.8 Å². The van der Waals surface area contributed by atoms with Gasteiger partial charge < -0.3 is 10.0 Å². The Balaban J connectivity index is 2.08. The third-order valence-corrected chi connectivity index (χ3v) is 3.24. The quantitative estimate of drug-likeness (QED) is 0.820. The molecule has 0 radical (unpaired) electrons. The lowest BCUT2D eigenvalue weighted by molar-refractivity contribution is 0.0350. The summed E-state index contributed by atoms with van der Waals surface area (Å²) in [6.07, 6.45) is 4.17. The van der Waals surface area contributed by atoms with E-state index in [1.165, 1.54) is 0 Å². The first-order valence-electron chi connectivity index (χ1n) is 5.89. The molecule has 2 rings (SSSR count). The maximum Gasteiger partial charge on any atom is 0.132 e. The van der Waals surface area contributed by atoms with Crippen LogP contribution in [0, 0.1) is 0 Å². The molecule has 1 aromatic heterocycles. The van der Waals surface area contributed by atoms with Crippen molar-refractivity contribution < 1.29 is 5.11 Å². The van der Waals surface area contributed by atoms with Gasteiger partial charge in [0.05, 0.1) is 5.60 Å². The third-order valence-electron chi connectivity index (χ3n) is 3.24. The number of hydrogen-bond acceptors (Lipinski definition) is 4. The highest BCUT2D eigenvalue weighted by Gasteiger charge is 2.27. The highest BCUT2D eigenvalue weighted by molar-refractivity contribution is 5.39. The van der Waals surface area contributed by atoms with Gasteiger partial charge in [-0.3, -0.25) is 0 Å². The Hall–Kier alpha value is -1.16. The number of nitrogens with zero attached hydrogens (tertiary/aromatic N) is 3. The van der Waals surface area contributed by atoms with E-state index in [-0.39, 0.29) is 0 Å². The molecule has 0 atom stereocenters. The van der Waals surface area contributed by atoms with Crippen LogP contribution in [0.15, 0.2) is 12.4 Å². The highest BCUT2D eigenvalue weighted by atomic mass is 16.3. The van der Waals surface area contributed by atoms with Gasteiger partial charge in [0.25, 0.3) is 0 Å². The van der Waals surface area contributed by atoms with Crippen molar-refractivity contribution in [1.29, 1.82) is 0 Å². The Morgan fingerprint density at radius 2 is 2.06 bits per heavy atom. The Labute approximate surface area is 96.3 Å². The SMILES string of the molecule is CCc1cc(N2CCC(C)(O)CC2)ncn1. The van der Waals surface area contributed by atoms with Gasteiger partial charge in [-0.05, 0) is 26.2 Å². The van der Waals surface area contributed by atoms with Crippen molar-refractivity contribution in [3.05, 3.63) is 18.1 Å². The van der Waals surface area contributed by atoms with Crippen molar-refractivity contribution in [2.24, 2.45) is 0 Å². The molecular formula is C12H19N3O. The lowest BCUT2D eigenvalue weighted by Gasteiger charge is -2.36.